The van der Waals surface area contributed by atoms with Gasteiger partial charge in [0.25, 0.3) is 0 Å². The molecule has 0 unspecified atom stereocenters. The molecule has 0 bridgehead atoms. The van der Waals surface area contributed by atoms with Gasteiger partial charge in [0.15, 0.2) is 0 Å². The van der Waals surface area contributed by atoms with Gasteiger partial charge in [0.2, 0.25) is 11.8 Å². The minimum atomic E-state index is 0.140. The minimum Gasteiger partial charge on any atom is -0.343 e. The lowest BCUT2D eigenvalue weighted by atomic mass is 9.91. The number of amides is 2. The van der Waals surface area contributed by atoms with Crippen molar-refractivity contribution in [1.82, 2.24) is 19.4 Å². The van der Waals surface area contributed by atoms with E-state index in [0.29, 0.717) is 18.3 Å². The first-order chi connectivity index (χ1) is 14.0. The number of hydrogen-bond donors (Lipinski definition) is 0. The summed E-state index contributed by atoms with van der Waals surface area (Å²) in [5.74, 6) is 2.20. The number of carbonyl (C=O) groups is 2. The number of hydrogen-bond acceptors (Lipinski definition) is 3. The normalized spacial score (nSPS) is 18.0. The molecule has 29 heavy (non-hydrogen) atoms. The van der Waals surface area contributed by atoms with Crippen LogP contribution in [0.4, 0.5) is 0 Å². The van der Waals surface area contributed by atoms with Crippen molar-refractivity contribution in [3.8, 4) is 0 Å². The Morgan fingerprint density at radius 1 is 1.07 bits per heavy atom. The fraction of sp³-hybridized carbons (Fsp3) is 0.522. The van der Waals surface area contributed by atoms with Crippen LogP contribution < -0.4 is 0 Å². The predicted molar refractivity (Wildman–Crippen MR) is 111 cm³/mol. The van der Waals surface area contributed by atoms with Gasteiger partial charge in [0, 0.05) is 58.0 Å². The molecule has 2 aromatic rings. The summed E-state index contributed by atoms with van der Waals surface area (Å²) in [5, 5.41) is 0. The molecule has 4 rings (SSSR count). The third kappa shape index (κ3) is 4.36. The topological polar surface area (TPSA) is 58.4 Å². The molecule has 1 aromatic heterocycles. The van der Waals surface area contributed by atoms with Gasteiger partial charge >= 0.3 is 0 Å². The monoisotopic (exact) mass is 394 g/mol. The number of rotatable bonds is 5. The lowest BCUT2D eigenvalue weighted by Gasteiger charge is -2.40. The van der Waals surface area contributed by atoms with Crippen molar-refractivity contribution in [2.24, 2.45) is 5.92 Å². The summed E-state index contributed by atoms with van der Waals surface area (Å²) in [4.78, 5) is 32.6. The molecular formula is C23H30N4O2. The second kappa shape index (κ2) is 8.39. The Morgan fingerprint density at radius 3 is 2.41 bits per heavy atom. The van der Waals surface area contributed by atoms with Crippen LogP contribution in [-0.2, 0) is 16.1 Å². The lowest BCUT2D eigenvalue weighted by Crippen LogP contribution is -2.50. The van der Waals surface area contributed by atoms with E-state index in [1.807, 2.05) is 22.1 Å². The predicted octanol–water partition coefficient (Wildman–Crippen LogP) is 2.81. The molecule has 3 heterocycles. The van der Waals surface area contributed by atoms with Crippen molar-refractivity contribution in [1.29, 1.82) is 0 Å². The van der Waals surface area contributed by atoms with Crippen LogP contribution in [-0.4, -0.2) is 57.3 Å². The summed E-state index contributed by atoms with van der Waals surface area (Å²) in [7, 11) is 0. The Hall–Kier alpha value is -2.63. The summed E-state index contributed by atoms with van der Waals surface area (Å²) in [6.45, 7) is 7.62. The van der Waals surface area contributed by atoms with Gasteiger partial charge in [-0.15, -0.1) is 0 Å². The fourth-order valence-corrected chi connectivity index (χ4v) is 4.45. The van der Waals surface area contributed by atoms with Crippen LogP contribution in [0.5, 0.6) is 0 Å². The summed E-state index contributed by atoms with van der Waals surface area (Å²) in [6, 6.07) is 10.4. The SMILES string of the molecule is CC(=O)N1CCC(CC(=O)N2CC(c3ncc(C)n3Cc3ccccc3)C2)CC1. The van der Waals surface area contributed by atoms with Gasteiger partial charge in [-0.1, -0.05) is 30.3 Å². The Bertz CT molecular complexity index is 862. The maximum atomic E-state index is 12.7. The van der Waals surface area contributed by atoms with Gasteiger partial charge in [0.05, 0.1) is 5.92 Å². The van der Waals surface area contributed by atoms with E-state index >= 15 is 0 Å². The molecule has 0 radical (unpaired) electrons. The zero-order valence-electron chi connectivity index (χ0n) is 17.4. The number of imidazole rings is 1. The van der Waals surface area contributed by atoms with Crippen molar-refractivity contribution in [3.63, 3.8) is 0 Å². The second-order valence-corrected chi connectivity index (χ2v) is 8.48. The molecule has 2 aliphatic heterocycles. The van der Waals surface area contributed by atoms with Crippen LogP contribution in [0.1, 0.15) is 49.2 Å². The molecule has 6 heteroatoms. The molecule has 1 aromatic carbocycles. The van der Waals surface area contributed by atoms with Gasteiger partial charge in [-0.3, -0.25) is 9.59 Å². The van der Waals surface area contributed by atoms with Gasteiger partial charge in [-0.2, -0.15) is 0 Å². The van der Waals surface area contributed by atoms with E-state index in [0.717, 1.165) is 57.1 Å². The maximum Gasteiger partial charge on any atom is 0.222 e. The molecule has 0 atom stereocenters. The van der Waals surface area contributed by atoms with Gasteiger partial charge in [-0.25, -0.2) is 4.98 Å². The third-order valence-corrected chi connectivity index (χ3v) is 6.39. The number of likely N-dealkylation sites (tertiary alicyclic amines) is 2. The van der Waals surface area contributed by atoms with Gasteiger partial charge in [-0.05, 0) is 31.2 Å². The van der Waals surface area contributed by atoms with E-state index in [-0.39, 0.29) is 11.8 Å². The van der Waals surface area contributed by atoms with Crippen molar-refractivity contribution >= 4 is 11.8 Å². The molecule has 0 N–H and O–H groups in total. The van der Waals surface area contributed by atoms with Crippen molar-refractivity contribution < 1.29 is 9.59 Å². The van der Waals surface area contributed by atoms with E-state index in [4.69, 9.17) is 0 Å². The van der Waals surface area contributed by atoms with Crippen molar-refractivity contribution in [3.05, 3.63) is 53.6 Å². The fourth-order valence-electron chi connectivity index (χ4n) is 4.45. The zero-order chi connectivity index (χ0) is 20.4. The molecule has 2 amide bonds. The summed E-state index contributed by atoms with van der Waals surface area (Å²) in [5.41, 5.74) is 2.42. The number of piperidine rings is 1. The average molecular weight is 395 g/mol. The minimum absolute atomic E-state index is 0.140. The number of aromatic nitrogens is 2. The quantitative estimate of drug-likeness (QED) is 0.784. The Balaban J connectivity index is 1.30. The summed E-state index contributed by atoms with van der Waals surface area (Å²) >= 11 is 0. The van der Waals surface area contributed by atoms with Crippen molar-refractivity contribution in [2.45, 2.75) is 45.6 Å². The number of carbonyl (C=O) groups excluding carboxylic acids is 2. The Morgan fingerprint density at radius 2 is 1.76 bits per heavy atom. The van der Waals surface area contributed by atoms with Crippen LogP contribution in [0.2, 0.25) is 0 Å². The largest absolute Gasteiger partial charge is 0.343 e. The standard InChI is InChI=1S/C23H30N4O2/c1-17-13-24-23(27(17)14-20-6-4-3-5-7-20)21-15-26(16-21)22(29)12-19-8-10-25(11-9-19)18(2)28/h3-7,13,19,21H,8-12,14-16H2,1-2H3. The highest BCUT2D eigenvalue weighted by Crippen LogP contribution is 2.30. The first-order valence-corrected chi connectivity index (χ1v) is 10.6. The van der Waals surface area contributed by atoms with E-state index in [9.17, 15) is 9.59 Å². The van der Waals surface area contributed by atoms with Crippen LogP contribution in [0, 0.1) is 12.8 Å². The van der Waals surface area contributed by atoms with Crippen LogP contribution >= 0.6 is 0 Å². The molecule has 2 saturated heterocycles. The second-order valence-electron chi connectivity index (χ2n) is 8.48. The Kier molecular flexibility index (Phi) is 5.69. The van der Waals surface area contributed by atoms with E-state index in [1.54, 1.807) is 6.92 Å². The first-order valence-electron chi connectivity index (χ1n) is 10.6. The highest BCUT2D eigenvalue weighted by molar-refractivity contribution is 5.77. The average Bonchev–Trinajstić information content (AvgIpc) is 3.02. The number of nitrogens with zero attached hydrogens (tertiary/aromatic N) is 4. The van der Waals surface area contributed by atoms with Crippen LogP contribution in [0.25, 0.3) is 0 Å². The molecule has 0 saturated carbocycles. The molecule has 6 nitrogen and oxygen atoms in total. The van der Waals surface area contributed by atoms with E-state index < -0.39 is 0 Å². The van der Waals surface area contributed by atoms with E-state index in [1.165, 1.54) is 5.56 Å². The number of benzene rings is 1. The highest BCUT2D eigenvalue weighted by atomic mass is 16.2. The van der Waals surface area contributed by atoms with Gasteiger partial charge in [0.1, 0.15) is 5.82 Å². The molecular weight excluding hydrogens is 364 g/mol. The molecule has 2 aliphatic rings. The molecule has 0 aliphatic carbocycles. The molecule has 0 spiro atoms. The van der Waals surface area contributed by atoms with Crippen LogP contribution in [0.15, 0.2) is 36.5 Å². The summed E-state index contributed by atoms with van der Waals surface area (Å²) in [6.07, 6.45) is 4.41. The highest BCUT2D eigenvalue weighted by Gasteiger charge is 2.36. The Labute approximate surface area is 172 Å². The summed E-state index contributed by atoms with van der Waals surface area (Å²) < 4.78 is 2.28. The third-order valence-electron chi connectivity index (χ3n) is 6.39. The lowest BCUT2D eigenvalue weighted by molar-refractivity contribution is -0.137. The van der Waals surface area contributed by atoms with E-state index in [2.05, 4.69) is 40.7 Å². The molecule has 154 valence electrons. The first kappa shape index (κ1) is 19.7. The molecule has 2 fully saturated rings. The van der Waals surface area contributed by atoms with Gasteiger partial charge < -0.3 is 14.4 Å². The smallest absolute Gasteiger partial charge is 0.222 e. The maximum absolute atomic E-state index is 12.7. The zero-order valence-corrected chi connectivity index (χ0v) is 17.4. The van der Waals surface area contributed by atoms with Crippen LogP contribution in [0.3, 0.4) is 0 Å². The number of aryl methyl sites for hydroxylation is 1. The van der Waals surface area contributed by atoms with Crippen molar-refractivity contribution in [2.75, 3.05) is 26.2 Å².